The number of carbonyl (C=O) groups is 1. The number of nitrogens with one attached hydrogen (secondary N) is 1. The van der Waals surface area contributed by atoms with E-state index in [4.69, 9.17) is 0 Å². The van der Waals surface area contributed by atoms with Gasteiger partial charge >= 0.3 is 0 Å². The number of nitrogens with zero attached hydrogens (tertiary/aromatic N) is 3. The molecule has 0 bridgehead atoms. The summed E-state index contributed by atoms with van der Waals surface area (Å²) in [6.45, 7) is 0. The van der Waals surface area contributed by atoms with Crippen LogP contribution in [0.5, 0.6) is 5.88 Å². The molecule has 3 aromatic rings. The number of benzene rings is 2. The molecule has 1 amide bonds. The second-order valence-electron chi connectivity index (χ2n) is 7.25. The smallest absolute Gasteiger partial charge is 0.280 e. The Morgan fingerprint density at radius 3 is 1.79 bits per heavy atom. The summed E-state index contributed by atoms with van der Waals surface area (Å²) in [4.78, 5) is 23.9. The van der Waals surface area contributed by atoms with Gasteiger partial charge in [-0.2, -0.15) is 0 Å². The fraction of sp³-hybridized carbons (Fsp3) is 0.182. The summed E-state index contributed by atoms with van der Waals surface area (Å²) in [5.41, 5.74) is 5.70. The number of aromatic nitrogens is 1. The van der Waals surface area contributed by atoms with Crippen LogP contribution in [-0.4, -0.2) is 49.9 Å². The SMILES string of the molecule is CN(C)c1ccc(C2=NC(=O)c3c(-c4ccc(N(C)C)cc4)[nH]c(O)c32)cc1. The maximum Gasteiger partial charge on any atom is 0.280 e. The molecule has 2 N–H and O–H groups in total. The highest BCUT2D eigenvalue weighted by atomic mass is 16.3. The number of rotatable bonds is 4. The van der Waals surface area contributed by atoms with E-state index in [1.165, 1.54) is 0 Å². The number of carbonyl (C=O) groups excluding carboxylic acids is 1. The van der Waals surface area contributed by atoms with Gasteiger partial charge in [-0.05, 0) is 29.8 Å². The average Bonchev–Trinajstić information content (AvgIpc) is 3.20. The Balaban J connectivity index is 1.76. The molecule has 142 valence electrons. The van der Waals surface area contributed by atoms with Crippen LogP contribution in [0, 0.1) is 0 Å². The molecule has 2 aromatic carbocycles. The van der Waals surface area contributed by atoms with Crippen LogP contribution in [0.2, 0.25) is 0 Å². The third kappa shape index (κ3) is 2.83. The van der Waals surface area contributed by atoms with Crippen molar-refractivity contribution in [2.75, 3.05) is 38.0 Å². The van der Waals surface area contributed by atoms with Gasteiger partial charge in [0.05, 0.1) is 22.5 Å². The maximum absolute atomic E-state index is 12.7. The van der Waals surface area contributed by atoms with Crippen molar-refractivity contribution in [1.82, 2.24) is 4.98 Å². The summed E-state index contributed by atoms with van der Waals surface area (Å²) in [7, 11) is 7.88. The van der Waals surface area contributed by atoms with E-state index in [0.717, 1.165) is 22.5 Å². The van der Waals surface area contributed by atoms with Gasteiger partial charge in [-0.15, -0.1) is 0 Å². The Bertz CT molecular complexity index is 1070. The molecule has 1 aliphatic heterocycles. The zero-order valence-corrected chi connectivity index (χ0v) is 16.3. The fourth-order valence-corrected chi connectivity index (χ4v) is 3.41. The molecule has 6 nitrogen and oxygen atoms in total. The molecule has 1 aromatic heterocycles. The molecule has 0 saturated heterocycles. The lowest BCUT2D eigenvalue weighted by Crippen LogP contribution is -2.09. The molecule has 28 heavy (non-hydrogen) atoms. The molecule has 6 heteroatoms. The number of aromatic hydroxyl groups is 1. The quantitative estimate of drug-likeness (QED) is 0.733. The van der Waals surface area contributed by atoms with Crippen LogP contribution in [-0.2, 0) is 0 Å². The summed E-state index contributed by atoms with van der Waals surface area (Å²) in [5, 5.41) is 10.5. The molecular weight excluding hydrogens is 352 g/mol. The highest BCUT2D eigenvalue weighted by Gasteiger charge is 2.33. The molecule has 4 rings (SSSR count). The molecular formula is C22H22N4O2. The molecule has 0 radical (unpaired) electrons. The van der Waals surface area contributed by atoms with Crippen LogP contribution in [0.4, 0.5) is 11.4 Å². The highest BCUT2D eigenvalue weighted by molar-refractivity contribution is 6.30. The second-order valence-corrected chi connectivity index (χ2v) is 7.25. The number of fused-ring (bicyclic) bond motifs is 1. The molecule has 0 spiro atoms. The standard InChI is InChI=1S/C22H22N4O2/c1-25(2)15-9-5-13(6-10-15)19-17-18(22(28)23-19)20(24-21(17)27)14-7-11-16(12-8-14)26(3)4/h5-12,23,28H,1-4H3. The van der Waals surface area contributed by atoms with Gasteiger partial charge in [-0.3, -0.25) is 4.79 Å². The summed E-state index contributed by atoms with van der Waals surface area (Å²) >= 11 is 0. The van der Waals surface area contributed by atoms with E-state index in [1.54, 1.807) is 0 Å². The second kappa shape index (κ2) is 6.56. The van der Waals surface area contributed by atoms with E-state index < -0.39 is 0 Å². The van der Waals surface area contributed by atoms with Crippen LogP contribution in [0.1, 0.15) is 21.5 Å². The molecule has 0 fully saturated rings. The monoisotopic (exact) mass is 374 g/mol. The van der Waals surface area contributed by atoms with E-state index in [0.29, 0.717) is 22.5 Å². The zero-order valence-electron chi connectivity index (χ0n) is 16.3. The number of aliphatic imine (C=N–C) groups is 1. The van der Waals surface area contributed by atoms with Crippen molar-refractivity contribution in [3.8, 4) is 17.1 Å². The van der Waals surface area contributed by atoms with Gasteiger partial charge in [0.15, 0.2) is 5.88 Å². The van der Waals surface area contributed by atoms with Crippen molar-refractivity contribution >= 4 is 23.0 Å². The number of amides is 1. The number of aromatic amines is 1. The Hall–Kier alpha value is -3.54. The molecule has 0 unspecified atom stereocenters. The summed E-state index contributed by atoms with van der Waals surface area (Å²) in [6.07, 6.45) is 0. The van der Waals surface area contributed by atoms with Crippen LogP contribution in [0.3, 0.4) is 0 Å². The lowest BCUT2D eigenvalue weighted by Gasteiger charge is -2.12. The van der Waals surface area contributed by atoms with E-state index in [1.807, 2.05) is 86.5 Å². The molecule has 0 aliphatic carbocycles. The number of hydrogen-bond acceptors (Lipinski definition) is 4. The summed E-state index contributed by atoms with van der Waals surface area (Å²) < 4.78 is 0. The third-order valence-electron chi connectivity index (χ3n) is 4.97. The maximum atomic E-state index is 12.7. The van der Waals surface area contributed by atoms with E-state index in [9.17, 15) is 9.90 Å². The lowest BCUT2D eigenvalue weighted by atomic mass is 10.00. The van der Waals surface area contributed by atoms with Gasteiger partial charge in [0.25, 0.3) is 5.91 Å². The minimum Gasteiger partial charge on any atom is -0.494 e. The molecule has 2 heterocycles. The molecule has 0 atom stereocenters. The predicted molar refractivity (Wildman–Crippen MR) is 113 cm³/mol. The van der Waals surface area contributed by atoms with Gasteiger partial charge in [0.1, 0.15) is 0 Å². The largest absolute Gasteiger partial charge is 0.494 e. The minimum atomic E-state index is -0.343. The Kier molecular flexibility index (Phi) is 4.19. The first kappa shape index (κ1) is 17.9. The number of anilines is 2. The van der Waals surface area contributed by atoms with Gasteiger partial charge in [0.2, 0.25) is 0 Å². The average molecular weight is 374 g/mol. The molecule has 0 saturated carbocycles. The van der Waals surface area contributed by atoms with Gasteiger partial charge in [-0.25, -0.2) is 4.99 Å². The summed E-state index contributed by atoms with van der Waals surface area (Å²) in [6, 6.07) is 15.6. The van der Waals surface area contributed by atoms with Gasteiger partial charge in [-0.1, -0.05) is 24.3 Å². The van der Waals surface area contributed by atoms with Crippen molar-refractivity contribution in [2.24, 2.45) is 4.99 Å². The minimum absolute atomic E-state index is 0.0389. The normalized spacial score (nSPS) is 12.7. The van der Waals surface area contributed by atoms with Crippen molar-refractivity contribution in [1.29, 1.82) is 0 Å². The van der Waals surface area contributed by atoms with Crippen molar-refractivity contribution in [2.45, 2.75) is 0 Å². The first-order chi connectivity index (χ1) is 13.4. The topological polar surface area (TPSA) is 71.9 Å². The van der Waals surface area contributed by atoms with Crippen molar-refractivity contribution in [3.05, 3.63) is 65.2 Å². The van der Waals surface area contributed by atoms with Crippen molar-refractivity contribution < 1.29 is 9.90 Å². The number of H-pyrrole nitrogens is 1. The van der Waals surface area contributed by atoms with Crippen LogP contribution in [0.15, 0.2) is 53.5 Å². The van der Waals surface area contributed by atoms with Gasteiger partial charge < -0.3 is 19.9 Å². The van der Waals surface area contributed by atoms with Crippen LogP contribution in [0.25, 0.3) is 11.3 Å². The Morgan fingerprint density at radius 1 is 0.786 bits per heavy atom. The van der Waals surface area contributed by atoms with Gasteiger partial charge in [0, 0.05) is 45.1 Å². The lowest BCUT2D eigenvalue weighted by molar-refractivity contribution is 0.101. The Morgan fingerprint density at radius 2 is 1.29 bits per heavy atom. The first-order valence-electron chi connectivity index (χ1n) is 9.00. The van der Waals surface area contributed by atoms with Crippen LogP contribution < -0.4 is 9.80 Å². The molecule has 1 aliphatic rings. The zero-order chi connectivity index (χ0) is 20.0. The van der Waals surface area contributed by atoms with E-state index in [2.05, 4.69) is 9.98 Å². The fourth-order valence-electron chi connectivity index (χ4n) is 3.41. The summed E-state index contributed by atoms with van der Waals surface area (Å²) in [5.74, 6) is -0.382. The highest BCUT2D eigenvalue weighted by Crippen LogP contribution is 2.38. The Labute approximate surface area is 163 Å². The first-order valence-corrected chi connectivity index (χ1v) is 9.00. The van der Waals surface area contributed by atoms with Crippen LogP contribution >= 0.6 is 0 Å². The number of hydrogen-bond donors (Lipinski definition) is 2. The predicted octanol–water partition coefficient (Wildman–Crippen LogP) is 3.51. The third-order valence-corrected chi connectivity index (χ3v) is 4.97. The van der Waals surface area contributed by atoms with E-state index >= 15 is 0 Å². The van der Waals surface area contributed by atoms with E-state index in [-0.39, 0.29) is 11.8 Å². The van der Waals surface area contributed by atoms with Crippen molar-refractivity contribution in [3.63, 3.8) is 0 Å².